The van der Waals surface area contributed by atoms with Gasteiger partial charge in [0.05, 0.1) is 51.4 Å². The molecule has 0 fully saturated rings. The summed E-state index contributed by atoms with van der Waals surface area (Å²) >= 11 is 0. The second kappa shape index (κ2) is 20.3. The van der Waals surface area contributed by atoms with Crippen molar-refractivity contribution in [3.8, 4) is 0 Å². The number of halogens is 24. The fourth-order valence-corrected chi connectivity index (χ4v) is 8.74. The van der Waals surface area contributed by atoms with Crippen molar-refractivity contribution in [2.45, 2.75) is 54.8 Å². The molecule has 0 nitrogen and oxygen atoms in total. The molecule has 7 aromatic carbocycles. The summed E-state index contributed by atoms with van der Waals surface area (Å²) in [7, 11) is 0. The van der Waals surface area contributed by atoms with Crippen LogP contribution in [0.3, 0.4) is 0 Å². The Balaban J connectivity index is 0.000000397. The van der Waals surface area contributed by atoms with Gasteiger partial charge in [0.1, 0.15) is 6.15 Å². The molecule has 408 valence electrons. The highest BCUT2D eigenvalue weighted by molar-refractivity contribution is 7.20. The first-order valence-corrected chi connectivity index (χ1v) is 21.5. The van der Waals surface area contributed by atoms with Crippen LogP contribution in [0.15, 0.2) is 164 Å². The van der Waals surface area contributed by atoms with Gasteiger partial charge in [-0.25, -0.2) is 0 Å². The maximum absolute atomic E-state index is 14.2. The average molecular weight is 1120 g/mol. The fourth-order valence-electron chi connectivity index (χ4n) is 8.74. The van der Waals surface area contributed by atoms with Gasteiger partial charge in [0.15, 0.2) is 5.41 Å². The van der Waals surface area contributed by atoms with Gasteiger partial charge in [-0.15, -0.1) is 0 Å². The zero-order valence-electron chi connectivity index (χ0n) is 37.9. The van der Waals surface area contributed by atoms with Crippen LogP contribution in [0, 0.1) is 6.92 Å². The molecule has 0 aliphatic rings. The van der Waals surface area contributed by atoms with Crippen molar-refractivity contribution in [1.29, 1.82) is 0 Å². The second-order valence-corrected chi connectivity index (χ2v) is 17.2. The van der Waals surface area contributed by atoms with Crippen LogP contribution in [0.5, 0.6) is 0 Å². The summed E-state index contributed by atoms with van der Waals surface area (Å²) in [4.78, 5) is 0. The molecule has 0 aliphatic carbocycles. The van der Waals surface area contributed by atoms with E-state index in [0.717, 1.165) is 0 Å². The Morgan fingerprint density at radius 1 is 0.208 bits per heavy atom. The number of benzene rings is 7. The molecule has 0 saturated heterocycles. The first kappa shape index (κ1) is 59.0. The molecular formula is C52H29BF24. The summed E-state index contributed by atoms with van der Waals surface area (Å²) in [6.07, 6.45) is -54.8. The zero-order valence-corrected chi connectivity index (χ0v) is 37.9. The zero-order chi connectivity index (χ0) is 57.8. The SMILES string of the molecule is FC(F)(F)c1cc([B-](c2cc(C(F)(F)F)cc(C(F)(F)F)c2)(c2cc(C(F)(F)F)cc(C(F)(F)F)c2)c2cc(C(F)(F)F)cc(C(F)(F)F)c2)cc(C(F)(F)F)c1.[CH2+]C(c1ccccc1)(c1ccccc1)c1ccccc1. The van der Waals surface area contributed by atoms with Crippen molar-refractivity contribution in [2.24, 2.45) is 0 Å². The summed E-state index contributed by atoms with van der Waals surface area (Å²) in [6, 6.07) is 22.6. The van der Waals surface area contributed by atoms with E-state index in [4.69, 9.17) is 0 Å². The molecule has 0 unspecified atom stereocenters. The highest BCUT2D eigenvalue weighted by atomic mass is 19.4. The van der Waals surface area contributed by atoms with Crippen LogP contribution in [0.25, 0.3) is 0 Å². The Kier molecular flexibility index (Phi) is 15.6. The molecule has 7 rings (SSSR count). The van der Waals surface area contributed by atoms with E-state index >= 15 is 0 Å². The van der Waals surface area contributed by atoms with E-state index in [9.17, 15) is 105 Å². The maximum atomic E-state index is 14.2. The van der Waals surface area contributed by atoms with Gasteiger partial charge in [-0.1, -0.05) is 140 Å². The number of hydrogen-bond donors (Lipinski definition) is 0. The number of hydrogen-bond acceptors (Lipinski definition) is 0. The highest BCUT2D eigenvalue weighted by Gasteiger charge is 2.47. The molecule has 0 radical (unpaired) electrons. The Morgan fingerprint density at radius 3 is 0.481 bits per heavy atom. The van der Waals surface area contributed by atoms with E-state index < -0.39 is 195 Å². The molecule has 0 bridgehead atoms. The minimum atomic E-state index is -6.13. The Labute approximate surface area is 419 Å². The first-order valence-electron chi connectivity index (χ1n) is 21.5. The fraction of sp³-hybridized carbons (Fsp3) is 0.173. The van der Waals surface area contributed by atoms with Gasteiger partial charge >= 0.3 is 49.4 Å². The lowest BCUT2D eigenvalue weighted by atomic mass is 9.12. The van der Waals surface area contributed by atoms with Crippen molar-refractivity contribution in [3.05, 3.63) is 232 Å². The van der Waals surface area contributed by atoms with Gasteiger partial charge in [0, 0.05) is 16.7 Å². The lowest BCUT2D eigenvalue weighted by Crippen LogP contribution is -2.75. The minimum Gasteiger partial charge on any atom is -0.194 e. The third kappa shape index (κ3) is 12.8. The van der Waals surface area contributed by atoms with Crippen molar-refractivity contribution in [3.63, 3.8) is 0 Å². The van der Waals surface area contributed by atoms with Crippen LogP contribution < -0.4 is 21.9 Å². The molecular weight excluding hydrogens is 1090 g/mol. The van der Waals surface area contributed by atoms with Crippen LogP contribution >= 0.6 is 0 Å². The van der Waals surface area contributed by atoms with Gasteiger partial charge in [-0.05, 0) is 24.3 Å². The van der Waals surface area contributed by atoms with Crippen molar-refractivity contribution in [2.75, 3.05) is 0 Å². The van der Waals surface area contributed by atoms with E-state index in [2.05, 4.69) is 79.7 Å². The molecule has 0 amide bonds. The van der Waals surface area contributed by atoms with Crippen LogP contribution in [0.2, 0.25) is 0 Å². The topological polar surface area (TPSA) is 0 Å². The summed E-state index contributed by atoms with van der Waals surface area (Å²) in [5, 5.41) is 0. The number of alkyl halides is 24. The molecule has 0 N–H and O–H groups in total. The molecule has 0 heterocycles. The van der Waals surface area contributed by atoms with Crippen LogP contribution in [-0.2, 0) is 54.8 Å². The van der Waals surface area contributed by atoms with Crippen molar-refractivity contribution in [1.82, 2.24) is 0 Å². The van der Waals surface area contributed by atoms with E-state index in [1.54, 1.807) is 0 Å². The van der Waals surface area contributed by atoms with E-state index in [1.165, 1.54) is 16.7 Å². The largest absolute Gasteiger partial charge is 0.416 e. The molecule has 0 aliphatic heterocycles. The van der Waals surface area contributed by atoms with Crippen molar-refractivity contribution < 1.29 is 105 Å². The molecule has 25 heteroatoms. The molecule has 0 spiro atoms. The van der Waals surface area contributed by atoms with Crippen LogP contribution in [0.1, 0.15) is 61.2 Å². The molecule has 7 aromatic rings. The van der Waals surface area contributed by atoms with Crippen LogP contribution in [-0.4, -0.2) is 6.15 Å². The van der Waals surface area contributed by atoms with Gasteiger partial charge in [0.2, 0.25) is 0 Å². The Bertz CT molecular complexity index is 2640. The standard InChI is InChI=1S/C32H12BF24.C20H17/c34-25(35,36)13-1-14(26(37,38)39)6-21(5-13)33(22-7-15(27(40,41)42)2-16(8-22)28(43,44)45,23-9-17(29(46,47)48)3-18(10-23)30(49,50)51)24-11-19(31(52,53)54)4-20(12-24)32(55,56)57;1-20(17-11-5-2-6-12-17,18-13-7-3-8-14-18)19-15-9-4-10-16-19/h1-12H;2-16H,1H2/q-1;+1. The quantitative estimate of drug-likeness (QED) is 0.0646. The normalized spacial score (nSPS) is 13.5. The first-order chi connectivity index (χ1) is 35.1. The summed E-state index contributed by atoms with van der Waals surface area (Å²) in [5.74, 6) is 0. The molecule has 0 atom stereocenters. The van der Waals surface area contributed by atoms with E-state index in [1.807, 2.05) is 18.2 Å². The predicted molar refractivity (Wildman–Crippen MR) is 235 cm³/mol. The second-order valence-electron chi connectivity index (χ2n) is 17.2. The Hall–Kier alpha value is -7.21. The maximum Gasteiger partial charge on any atom is 0.416 e. The average Bonchev–Trinajstić information content (AvgIpc) is 3.32. The lowest BCUT2D eigenvalue weighted by Gasteiger charge is -2.46. The monoisotopic (exact) mass is 1120 g/mol. The third-order valence-electron chi connectivity index (χ3n) is 12.2. The van der Waals surface area contributed by atoms with E-state index in [-0.39, 0.29) is 5.41 Å². The van der Waals surface area contributed by atoms with Gasteiger partial charge in [-0.2, -0.15) is 127 Å². The third-order valence-corrected chi connectivity index (χ3v) is 12.2. The predicted octanol–water partition coefficient (Wildman–Crippen LogP) is 16.1. The minimum absolute atomic E-state index is 0.371. The summed E-state index contributed by atoms with van der Waals surface area (Å²) in [5.41, 5.74) is -27.0. The smallest absolute Gasteiger partial charge is 0.194 e. The summed E-state index contributed by atoms with van der Waals surface area (Å²) in [6.45, 7) is 4.58. The number of rotatable bonds is 7. The van der Waals surface area contributed by atoms with Crippen molar-refractivity contribution >= 4 is 28.0 Å². The van der Waals surface area contributed by atoms with Crippen LogP contribution in [0.4, 0.5) is 105 Å². The highest BCUT2D eigenvalue weighted by Crippen LogP contribution is 2.42. The lowest BCUT2D eigenvalue weighted by molar-refractivity contribution is -0.144. The van der Waals surface area contributed by atoms with Gasteiger partial charge in [0.25, 0.3) is 0 Å². The summed E-state index contributed by atoms with van der Waals surface area (Å²) < 4.78 is 341. The van der Waals surface area contributed by atoms with E-state index in [0.29, 0.717) is 0 Å². The molecule has 77 heavy (non-hydrogen) atoms. The van der Waals surface area contributed by atoms with Gasteiger partial charge < -0.3 is 0 Å². The Morgan fingerprint density at radius 2 is 0.351 bits per heavy atom. The van der Waals surface area contributed by atoms with Gasteiger partial charge in [-0.3, -0.25) is 0 Å². The molecule has 0 saturated carbocycles. The molecule has 0 aromatic heterocycles.